The van der Waals surface area contributed by atoms with Crippen molar-refractivity contribution in [1.82, 2.24) is 14.9 Å². The van der Waals surface area contributed by atoms with Crippen LogP contribution in [0, 0.1) is 12.7 Å². The summed E-state index contributed by atoms with van der Waals surface area (Å²) in [6.45, 7) is 3.94. The van der Waals surface area contributed by atoms with Crippen LogP contribution in [-0.2, 0) is 11.2 Å². The normalized spacial score (nSPS) is 18.2. The number of hydrogen-bond donors (Lipinski definition) is 2. The minimum Gasteiger partial charge on any atom is -0.325 e. The summed E-state index contributed by atoms with van der Waals surface area (Å²) < 4.78 is 15.2. The Balaban J connectivity index is 1.68. The van der Waals surface area contributed by atoms with E-state index in [0.29, 0.717) is 11.6 Å². The standard InChI is InChI=1S/C20H20FN5OS/c1-3-16-23-24-20-26(16)25-17(13-8-10-14(21)11-9-13)18(28-20)19(27)22-15-7-5-4-6-12(15)2/h4-11,17-18,25H,3H2,1-2H3,(H,22,27)/t17-,18-/m0/s1. The highest BCUT2D eigenvalue weighted by Crippen LogP contribution is 2.37. The van der Waals surface area contributed by atoms with Crippen molar-refractivity contribution in [3.05, 3.63) is 71.3 Å². The molecular formula is C20H20FN5OS. The molecule has 1 aromatic heterocycles. The summed E-state index contributed by atoms with van der Waals surface area (Å²) in [4.78, 5) is 13.2. The molecule has 2 N–H and O–H groups in total. The second-order valence-electron chi connectivity index (χ2n) is 6.59. The zero-order chi connectivity index (χ0) is 19.7. The molecule has 0 saturated carbocycles. The predicted octanol–water partition coefficient (Wildman–Crippen LogP) is 3.69. The molecule has 0 aliphatic carbocycles. The molecule has 6 nitrogen and oxygen atoms in total. The second-order valence-corrected chi connectivity index (χ2v) is 7.70. The number of fused-ring (bicyclic) bond motifs is 1. The Morgan fingerprint density at radius 3 is 2.68 bits per heavy atom. The highest BCUT2D eigenvalue weighted by molar-refractivity contribution is 8.00. The Morgan fingerprint density at radius 2 is 1.96 bits per heavy atom. The van der Waals surface area contributed by atoms with Crippen molar-refractivity contribution in [2.24, 2.45) is 0 Å². The maximum absolute atomic E-state index is 13.4. The van der Waals surface area contributed by atoms with Gasteiger partial charge < -0.3 is 10.7 Å². The van der Waals surface area contributed by atoms with Gasteiger partial charge in [0.25, 0.3) is 0 Å². The first-order valence-corrected chi connectivity index (χ1v) is 9.94. The molecule has 8 heteroatoms. The lowest BCUT2D eigenvalue weighted by molar-refractivity contribution is -0.116. The predicted molar refractivity (Wildman–Crippen MR) is 107 cm³/mol. The van der Waals surface area contributed by atoms with Crippen LogP contribution < -0.4 is 10.7 Å². The van der Waals surface area contributed by atoms with Gasteiger partial charge in [-0.05, 0) is 36.2 Å². The van der Waals surface area contributed by atoms with Gasteiger partial charge in [-0.25, -0.2) is 9.07 Å². The first-order valence-electron chi connectivity index (χ1n) is 9.06. The van der Waals surface area contributed by atoms with Gasteiger partial charge in [-0.15, -0.1) is 10.2 Å². The van der Waals surface area contributed by atoms with Gasteiger partial charge in [0.2, 0.25) is 11.1 Å². The number of carbonyl (C=O) groups excluding carboxylic acids is 1. The Hall–Kier alpha value is -2.87. The smallest absolute Gasteiger partial charge is 0.240 e. The van der Waals surface area contributed by atoms with Crippen LogP contribution in [0.3, 0.4) is 0 Å². The minimum atomic E-state index is -0.494. The lowest BCUT2D eigenvalue weighted by Gasteiger charge is -2.33. The number of thioether (sulfide) groups is 1. The van der Waals surface area contributed by atoms with E-state index in [2.05, 4.69) is 20.9 Å². The number of aromatic nitrogens is 3. The summed E-state index contributed by atoms with van der Waals surface area (Å²) in [7, 11) is 0. The monoisotopic (exact) mass is 397 g/mol. The topological polar surface area (TPSA) is 71.8 Å². The van der Waals surface area contributed by atoms with Gasteiger partial charge in [-0.3, -0.25) is 4.79 Å². The summed E-state index contributed by atoms with van der Waals surface area (Å²) in [5.41, 5.74) is 5.93. The van der Waals surface area contributed by atoms with Gasteiger partial charge in [0.05, 0.1) is 6.04 Å². The van der Waals surface area contributed by atoms with Crippen LogP contribution in [0.25, 0.3) is 0 Å². The van der Waals surface area contributed by atoms with E-state index in [4.69, 9.17) is 0 Å². The van der Waals surface area contributed by atoms with E-state index in [-0.39, 0.29) is 17.8 Å². The van der Waals surface area contributed by atoms with Crippen molar-refractivity contribution in [2.75, 3.05) is 10.7 Å². The van der Waals surface area contributed by atoms with Crippen molar-refractivity contribution in [3.63, 3.8) is 0 Å². The number of nitrogens with one attached hydrogen (secondary N) is 2. The minimum absolute atomic E-state index is 0.145. The molecule has 2 heterocycles. The number of anilines is 1. The third-order valence-electron chi connectivity index (χ3n) is 4.71. The summed E-state index contributed by atoms with van der Waals surface area (Å²) in [5.74, 6) is 0.327. The lowest BCUT2D eigenvalue weighted by atomic mass is 10.0. The largest absolute Gasteiger partial charge is 0.325 e. The quantitative estimate of drug-likeness (QED) is 0.703. The summed E-state index contributed by atoms with van der Waals surface area (Å²) >= 11 is 1.35. The molecule has 0 saturated heterocycles. The number of benzene rings is 2. The fraction of sp³-hybridized carbons (Fsp3) is 0.250. The molecular weight excluding hydrogens is 377 g/mol. The molecule has 28 heavy (non-hydrogen) atoms. The molecule has 4 rings (SSSR count). The Bertz CT molecular complexity index is 1000. The third kappa shape index (κ3) is 3.47. The first kappa shape index (κ1) is 18.5. The van der Waals surface area contributed by atoms with Crippen LogP contribution in [0.4, 0.5) is 10.1 Å². The second kappa shape index (κ2) is 7.63. The fourth-order valence-corrected chi connectivity index (χ4v) is 4.26. The molecule has 2 aromatic carbocycles. The number of amides is 1. The van der Waals surface area contributed by atoms with Gasteiger partial charge >= 0.3 is 0 Å². The molecule has 0 bridgehead atoms. The van der Waals surface area contributed by atoms with E-state index in [0.717, 1.165) is 22.6 Å². The fourth-order valence-electron chi connectivity index (χ4n) is 3.16. The number of aryl methyl sites for hydroxylation is 2. The maximum atomic E-state index is 13.4. The van der Waals surface area contributed by atoms with Crippen LogP contribution in [-0.4, -0.2) is 26.0 Å². The number of rotatable bonds is 4. The molecule has 0 spiro atoms. The number of carbonyl (C=O) groups is 1. The van der Waals surface area contributed by atoms with E-state index in [1.54, 1.807) is 12.1 Å². The van der Waals surface area contributed by atoms with Crippen molar-refractivity contribution < 1.29 is 9.18 Å². The van der Waals surface area contributed by atoms with E-state index < -0.39 is 5.25 Å². The summed E-state index contributed by atoms with van der Waals surface area (Å²) in [6, 6.07) is 13.5. The Labute approximate surface area is 166 Å². The number of halogens is 1. The number of nitrogens with zero attached hydrogens (tertiary/aromatic N) is 3. The molecule has 0 unspecified atom stereocenters. The molecule has 2 atom stereocenters. The van der Waals surface area contributed by atoms with Crippen molar-refractivity contribution >= 4 is 23.4 Å². The average Bonchev–Trinajstić information content (AvgIpc) is 3.11. The van der Waals surface area contributed by atoms with Crippen molar-refractivity contribution in [1.29, 1.82) is 0 Å². The van der Waals surface area contributed by atoms with Crippen LogP contribution in [0.5, 0.6) is 0 Å². The third-order valence-corrected chi connectivity index (χ3v) is 5.93. The van der Waals surface area contributed by atoms with E-state index in [9.17, 15) is 9.18 Å². The average molecular weight is 397 g/mol. The van der Waals surface area contributed by atoms with Gasteiger partial charge in [-0.1, -0.05) is 49.0 Å². The molecule has 0 radical (unpaired) electrons. The van der Waals surface area contributed by atoms with Crippen LogP contribution in [0.15, 0.2) is 53.7 Å². The summed E-state index contributed by atoms with van der Waals surface area (Å²) in [5, 5.41) is 11.5. The molecule has 0 fully saturated rings. The number of hydrogen-bond acceptors (Lipinski definition) is 5. The maximum Gasteiger partial charge on any atom is 0.240 e. The zero-order valence-corrected chi connectivity index (χ0v) is 16.3. The Morgan fingerprint density at radius 1 is 1.21 bits per heavy atom. The SMILES string of the molecule is CCc1nnc2n1N[C@@H](c1ccc(F)cc1)[C@@H](C(=O)Nc1ccccc1C)S2. The van der Waals surface area contributed by atoms with Gasteiger partial charge in [0.1, 0.15) is 11.1 Å². The van der Waals surface area contributed by atoms with Crippen LogP contribution in [0.2, 0.25) is 0 Å². The zero-order valence-electron chi connectivity index (χ0n) is 15.5. The van der Waals surface area contributed by atoms with Gasteiger partial charge in [-0.2, -0.15) is 0 Å². The molecule has 1 amide bonds. The van der Waals surface area contributed by atoms with Crippen molar-refractivity contribution in [3.8, 4) is 0 Å². The molecule has 1 aliphatic heterocycles. The number of para-hydroxylation sites is 1. The molecule has 1 aliphatic rings. The lowest BCUT2D eigenvalue weighted by Crippen LogP contribution is -2.41. The molecule has 3 aromatic rings. The van der Waals surface area contributed by atoms with E-state index >= 15 is 0 Å². The highest BCUT2D eigenvalue weighted by atomic mass is 32.2. The van der Waals surface area contributed by atoms with Gasteiger partial charge in [0.15, 0.2) is 5.82 Å². The van der Waals surface area contributed by atoms with Crippen LogP contribution in [0.1, 0.15) is 29.9 Å². The Kier molecular flexibility index (Phi) is 5.04. The van der Waals surface area contributed by atoms with Crippen LogP contribution >= 0.6 is 11.8 Å². The first-order chi connectivity index (χ1) is 13.6. The van der Waals surface area contributed by atoms with E-state index in [1.165, 1.54) is 23.9 Å². The highest BCUT2D eigenvalue weighted by Gasteiger charge is 2.37. The van der Waals surface area contributed by atoms with E-state index in [1.807, 2.05) is 42.8 Å². The van der Waals surface area contributed by atoms with Crippen molar-refractivity contribution in [2.45, 2.75) is 36.7 Å². The molecule has 144 valence electrons. The summed E-state index contributed by atoms with van der Waals surface area (Å²) in [6.07, 6.45) is 0.705. The van der Waals surface area contributed by atoms with Gasteiger partial charge in [0, 0.05) is 12.1 Å².